The average molecular weight is 621 g/mol. The number of halogens is 3. The van der Waals surface area contributed by atoms with Crippen molar-refractivity contribution in [3.63, 3.8) is 0 Å². The fourth-order valence-corrected chi connectivity index (χ4v) is 6.07. The minimum atomic E-state index is -4.72. The van der Waals surface area contributed by atoms with Gasteiger partial charge in [0, 0.05) is 30.2 Å². The van der Waals surface area contributed by atoms with E-state index in [1.165, 1.54) is 12.3 Å². The predicted octanol–water partition coefficient (Wildman–Crippen LogP) is 6.49. The molecular weight excluding hydrogens is 589 g/mol. The highest BCUT2D eigenvalue weighted by Crippen LogP contribution is 2.46. The largest absolute Gasteiger partial charge is 0.481 e. The number of alkyl halides is 3. The number of aliphatic carboxylic acids is 1. The third kappa shape index (κ3) is 5.33. The lowest BCUT2D eigenvalue weighted by molar-refractivity contribution is -0.148. The molecule has 4 heterocycles. The number of carboxylic acid groups (broad SMARTS) is 1. The predicted molar refractivity (Wildman–Crippen MR) is 159 cm³/mol. The number of furan rings is 1. The van der Waals surface area contributed by atoms with Gasteiger partial charge in [0.05, 0.1) is 24.5 Å². The molecule has 0 saturated carbocycles. The molecule has 0 bridgehead atoms. The first-order valence-corrected chi connectivity index (χ1v) is 14.4. The lowest BCUT2D eigenvalue weighted by Gasteiger charge is -2.30. The third-order valence-electron chi connectivity index (χ3n) is 8.51. The van der Waals surface area contributed by atoms with Gasteiger partial charge in [-0.15, -0.1) is 10.2 Å². The van der Waals surface area contributed by atoms with Crippen molar-refractivity contribution < 1.29 is 37.0 Å². The van der Waals surface area contributed by atoms with E-state index in [1.54, 1.807) is 37.8 Å². The molecule has 0 radical (unpaired) electrons. The van der Waals surface area contributed by atoms with Crippen LogP contribution < -0.4 is 0 Å². The molecule has 9 nitrogen and oxygen atoms in total. The lowest BCUT2D eigenvalue weighted by Crippen LogP contribution is -2.40. The minimum Gasteiger partial charge on any atom is -0.481 e. The fraction of sp³-hybridized carbons (Fsp3) is 0.333. The summed E-state index contributed by atoms with van der Waals surface area (Å²) in [7, 11) is 0. The number of carbonyl (C=O) groups is 2. The first-order valence-electron chi connectivity index (χ1n) is 14.4. The number of fused-ring (bicyclic) bond motifs is 2. The molecule has 1 amide bonds. The zero-order chi connectivity index (χ0) is 32.3. The van der Waals surface area contributed by atoms with E-state index in [0.29, 0.717) is 59.7 Å². The maximum absolute atomic E-state index is 13.6. The Bertz CT molecular complexity index is 1950. The SMILES string of the molecule is Cc1cc(-c2cccc(C(=O)N3CCOCC3)c2)c2cc(C(c3ccn4c(C(F)(F)F)nnc4c3C)C(C)(C)C(=O)O)oc2c1. The van der Waals surface area contributed by atoms with Crippen LogP contribution in [0.4, 0.5) is 13.2 Å². The van der Waals surface area contributed by atoms with E-state index in [4.69, 9.17) is 9.15 Å². The van der Waals surface area contributed by atoms with Gasteiger partial charge in [0.1, 0.15) is 11.3 Å². The van der Waals surface area contributed by atoms with Gasteiger partial charge in [-0.1, -0.05) is 18.2 Å². The lowest BCUT2D eigenvalue weighted by atomic mass is 9.72. The molecule has 6 rings (SSSR count). The Morgan fingerprint density at radius 1 is 1.00 bits per heavy atom. The minimum absolute atomic E-state index is 0.0274. The van der Waals surface area contributed by atoms with Crippen molar-refractivity contribution in [1.82, 2.24) is 19.5 Å². The quantitative estimate of drug-likeness (QED) is 0.231. The van der Waals surface area contributed by atoms with Crippen molar-refractivity contribution >= 4 is 28.5 Å². The number of aryl methyl sites for hydroxylation is 2. The number of hydrogen-bond donors (Lipinski definition) is 1. The summed E-state index contributed by atoms with van der Waals surface area (Å²) in [5, 5.41) is 18.2. The first-order chi connectivity index (χ1) is 21.3. The highest BCUT2D eigenvalue weighted by Gasteiger charge is 2.43. The van der Waals surface area contributed by atoms with Gasteiger partial charge >= 0.3 is 12.1 Å². The van der Waals surface area contributed by atoms with Crippen LogP contribution in [0, 0.1) is 19.3 Å². The van der Waals surface area contributed by atoms with Crippen LogP contribution >= 0.6 is 0 Å². The van der Waals surface area contributed by atoms with Crippen LogP contribution in [0.5, 0.6) is 0 Å². The number of ether oxygens (including phenoxy) is 1. The van der Waals surface area contributed by atoms with Crippen molar-refractivity contribution in [2.45, 2.75) is 39.8 Å². The number of carboxylic acids is 1. The van der Waals surface area contributed by atoms with Gasteiger partial charge in [-0.25, -0.2) is 0 Å². The van der Waals surface area contributed by atoms with E-state index in [2.05, 4.69) is 10.2 Å². The van der Waals surface area contributed by atoms with Gasteiger partial charge in [-0.2, -0.15) is 13.2 Å². The van der Waals surface area contributed by atoms with Crippen molar-refractivity contribution in [2.24, 2.45) is 5.41 Å². The molecule has 1 aliphatic heterocycles. The second-order valence-electron chi connectivity index (χ2n) is 11.9. The van der Waals surface area contributed by atoms with Crippen LogP contribution in [0.15, 0.2) is 59.1 Å². The summed E-state index contributed by atoms with van der Waals surface area (Å²) >= 11 is 0. The Balaban J connectivity index is 1.49. The van der Waals surface area contributed by atoms with Crippen molar-refractivity contribution in [2.75, 3.05) is 26.3 Å². The molecule has 5 aromatic rings. The van der Waals surface area contributed by atoms with E-state index < -0.39 is 29.3 Å². The number of pyridine rings is 1. The Labute approximate surface area is 256 Å². The number of benzene rings is 2. The molecule has 45 heavy (non-hydrogen) atoms. The van der Waals surface area contributed by atoms with E-state index in [-0.39, 0.29) is 11.6 Å². The van der Waals surface area contributed by atoms with E-state index >= 15 is 0 Å². The highest BCUT2D eigenvalue weighted by atomic mass is 19.4. The molecule has 2 aromatic carbocycles. The number of aromatic nitrogens is 3. The van der Waals surface area contributed by atoms with Gasteiger partial charge in [0.2, 0.25) is 5.82 Å². The molecule has 234 valence electrons. The highest BCUT2D eigenvalue weighted by molar-refractivity contribution is 5.99. The standard InChI is InChI=1S/C33H31F3N4O5/c1-18-14-23(20-6-5-7-21(16-20)29(41)39-10-12-44-13-11-39)24-17-26(45-25(24)15-18)27(32(3,4)31(42)43)22-8-9-40-28(19(22)2)37-38-30(40)33(34,35)36/h5-9,14-17,27H,10-13H2,1-4H3,(H,42,43). The second-order valence-corrected chi connectivity index (χ2v) is 11.9. The molecule has 1 N–H and O–H groups in total. The molecule has 1 atom stereocenters. The average Bonchev–Trinajstić information content (AvgIpc) is 3.63. The number of hydrogen-bond acceptors (Lipinski definition) is 6. The van der Waals surface area contributed by atoms with Gasteiger partial charge in [-0.3, -0.25) is 14.0 Å². The summed E-state index contributed by atoms with van der Waals surface area (Å²) in [5.41, 5.74) is 2.84. The monoisotopic (exact) mass is 620 g/mol. The summed E-state index contributed by atoms with van der Waals surface area (Å²) < 4.78 is 53.3. The van der Waals surface area contributed by atoms with Gasteiger partial charge < -0.3 is 19.2 Å². The van der Waals surface area contributed by atoms with Gasteiger partial charge in [0.25, 0.3) is 5.91 Å². The third-order valence-corrected chi connectivity index (χ3v) is 8.51. The molecule has 1 saturated heterocycles. The summed E-state index contributed by atoms with van der Waals surface area (Å²) in [5.74, 6) is -2.95. The first kappa shape index (κ1) is 30.3. The smallest absolute Gasteiger partial charge is 0.452 e. The Morgan fingerprint density at radius 2 is 1.73 bits per heavy atom. The number of morpholine rings is 1. The fourth-order valence-electron chi connectivity index (χ4n) is 6.07. The van der Waals surface area contributed by atoms with Crippen molar-refractivity contribution in [3.05, 3.63) is 88.6 Å². The molecule has 3 aromatic heterocycles. The summed E-state index contributed by atoms with van der Waals surface area (Å²) in [6, 6.07) is 14.4. The van der Waals surface area contributed by atoms with Crippen LogP contribution in [0.1, 0.15) is 58.4 Å². The Kier molecular flexibility index (Phi) is 7.43. The maximum Gasteiger partial charge on any atom is 0.452 e. The van der Waals surface area contributed by atoms with Crippen LogP contribution in [0.3, 0.4) is 0 Å². The zero-order valence-corrected chi connectivity index (χ0v) is 25.1. The molecule has 0 spiro atoms. The van der Waals surface area contributed by atoms with E-state index in [9.17, 15) is 27.9 Å². The van der Waals surface area contributed by atoms with Crippen molar-refractivity contribution in [3.8, 4) is 11.1 Å². The van der Waals surface area contributed by atoms with Crippen LogP contribution in [0.25, 0.3) is 27.7 Å². The maximum atomic E-state index is 13.6. The summed E-state index contributed by atoms with van der Waals surface area (Å²) in [6.07, 6.45) is -3.51. The summed E-state index contributed by atoms with van der Waals surface area (Å²) in [6.45, 7) is 8.62. The number of amides is 1. The molecule has 1 fully saturated rings. The van der Waals surface area contributed by atoms with Crippen LogP contribution in [-0.4, -0.2) is 62.8 Å². The molecule has 1 unspecified atom stereocenters. The van der Waals surface area contributed by atoms with E-state index in [1.807, 2.05) is 37.3 Å². The molecule has 0 aliphatic carbocycles. The second kappa shape index (κ2) is 11.0. The van der Waals surface area contributed by atoms with Crippen molar-refractivity contribution in [1.29, 1.82) is 0 Å². The van der Waals surface area contributed by atoms with Crippen LogP contribution in [-0.2, 0) is 15.7 Å². The van der Waals surface area contributed by atoms with Crippen LogP contribution in [0.2, 0.25) is 0 Å². The molecule has 1 aliphatic rings. The Morgan fingerprint density at radius 3 is 2.42 bits per heavy atom. The van der Waals surface area contributed by atoms with Gasteiger partial charge in [-0.05, 0) is 85.8 Å². The molecule has 12 heteroatoms. The summed E-state index contributed by atoms with van der Waals surface area (Å²) in [4.78, 5) is 27.6. The Hall–Kier alpha value is -4.71. The molecular formula is C33H31F3N4O5. The number of nitrogens with zero attached hydrogens (tertiary/aromatic N) is 4. The topological polar surface area (TPSA) is 110 Å². The number of carbonyl (C=O) groups excluding carboxylic acids is 1. The van der Waals surface area contributed by atoms with Gasteiger partial charge in [0.15, 0.2) is 5.65 Å². The zero-order valence-electron chi connectivity index (χ0n) is 25.1. The van der Waals surface area contributed by atoms with E-state index in [0.717, 1.165) is 21.1 Å². The normalized spacial score (nSPS) is 15.1. The number of rotatable bonds is 6.